The van der Waals surface area contributed by atoms with Crippen LogP contribution in [0.5, 0.6) is 0 Å². The van der Waals surface area contributed by atoms with Crippen LogP contribution in [-0.2, 0) is 9.47 Å². The fourth-order valence-corrected chi connectivity index (χ4v) is 2.05. The largest absolute Gasteiger partial charge is 0.478 e. The highest BCUT2D eigenvalue weighted by atomic mass is 16.6. The van der Waals surface area contributed by atoms with Gasteiger partial charge in [0.15, 0.2) is 0 Å². The van der Waals surface area contributed by atoms with Gasteiger partial charge in [0.05, 0.1) is 18.7 Å². The number of nitrogens with one attached hydrogen (secondary N) is 2. The van der Waals surface area contributed by atoms with E-state index < -0.39 is 29.4 Å². The number of carboxylic acid groups (broad SMARTS) is 1. The van der Waals surface area contributed by atoms with Crippen LogP contribution in [0.4, 0.5) is 9.59 Å². The summed E-state index contributed by atoms with van der Waals surface area (Å²) in [7, 11) is 0. The van der Waals surface area contributed by atoms with Gasteiger partial charge in [0.2, 0.25) is 0 Å². The van der Waals surface area contributed by atoms with Crippen LogP contribution in [0.15, 0.2) is 18.2 Å². The number of carbonyl (C=O) groups is 3. The number of carbonyl (C=O) groups excluding carboxylic acids is 2. The fourth-order valence-electron chi connectivity index (χ4n) is 2.05. The Morgan fingerprint density at radius 1 is 0.806 bits per heavy atom. The van der Waals surface area contributed by atoms with Gasteiger partial charge in [-0.2, -0.15) is 0 Å². The van der Waals surface area contributed by atoms with Crippen LogP contribution in [0, 0.1) is 23.7 Å². The molecule has 0 aromatic heterocycles. The zero-order valence-electron chi connectivity index (χ0n) is 18.6. The van der Waals surface area contributed by atoms with Crippen molar-refractivity contribution in [3.63, 3.8) is 0 Å². The maximum Gasteiger partial charge on any atom is 0.408 e. The first-order chi connectivity index (χ1) is 14.2. The van der Waals surface area contributed by atoms with E-state index in [-0.39, 0.29) is 18.7 Å². The molecule has 1 aromatic carbocycles. The summed E-state index contributed by atoms with van der Waals surface area (Å²) in [4.78, 5) is 34.6. The maximum absolute atomic E-state index is 11.6. The van der Waals surface area contributed by atoms with E-state index >= 15 is 0 Å². The lowest BCUT2D eigenvalue weighted by Crippen LogP contribution is -2.32. The van der Waals surface area contributed by atoms with Crippen molar-refractivity contribution >= 4 is 18.2 Å². The van der Waals surface area contributed by atoms with Crippen molar-refractivity contribution in [2.24, 2.45) is 0 Å². The molecule has 0 saturated carbocycles. The van der Waals surface area contributed by atoms with Crippen molar-refractivity contribution in [1.82, 2.24) is 10.6 Å². The van der Waals surface area contributed by atoms with Gasteiger partial charge in [0, 0.05) is 11.1 Å². The van der Waals surface area contributed by atoms with E-state index in [1.807, 2.05) is 0 Å². The van der Waals surface area contributed by atoms with Gasteiger partial charge < -0.3 is 25.2 Å². The summed E-state index contributed by atoms with van der Waals surface area (Å²) < 4.78 is 10.2. The van der Waals surface area contributed by atoms with Crippen molar-refractivity contribution in [2.45, 2.75) is 52.7 Å². The molecule has 8 nitrogen and oxygen atoms in total. The third-order valence-electron chi connectivity index (χ3n) is 3.09. The van der Waals surface area contributed by atoms with Gasteiger partial charge in [-0.25, -0.2) is 14.4 Å². The Kier molecular flexibility index (Phi) is 8.96. The summed E-state index contributed by atoms with van der Waals surface area (Å²) in [5.41, 5.74) is -0.347. The molecule has 0 saturated heterocycles. The Balaban J connectivity index is 2.80. The number of alkyl carbamates (subject to hydrolysis) is 2. The Labute approximate surface area is 182 Å². The van der Waals surface area contributed by atoms with Crippen LogP contribution < -0.4 is 10.6 Å². The topological polar surface area (TPSA) is 114 Å². The molecule has 2 amide bonds. The van der Waals surface area contributed by atoms with Crippen LogP contribution in [0.3, 0.4) is 0 Å². The van der Waals surface area contributed by atoms with Gasteiger partial charge in [-0.05, 0) is 59.7 Å². The average molecular weight is 428 g/mol. The first-order valence-corrected chi connectivity index (χ1v) is 9.55. The summed E-state index contributed by atoms with van der Waals surface area (Å²) in [6.07, 6.45) is -1.18. The Bertz CT molecular complexity index is 878. The third-order valence-corrected chi connectivity index (χ3v) is 3.09. The molecule has 0 unspecified atom stereocenters. The number of hydrogen-bond donors (Lipinski definition) is 3. The number of hydrogen-bond acceptors (Lipinski definition) is 5. The minimum Gasteiger partial charge on any atom is -0.478 e. The second kappa shape index (κ2) is 10.9. The van der Waals surface area contributed by atoms with Crippen LogP contribution in [0.25, 0.3) is 0 Å². The smallest absolute Gasteiger partial charge is 0.408 e. The molecule has 0 fully saturated rings. The molecule has 3 N–H and O–H groups in total. The van der Waals surface area contributed by atoms with Gasteiger partial charge in [-0.3, -0.25) is 0 Å². The Morgan fingerprint density at radius 3 is 1.52 bits per heavy atom. The van der Waals surface area contributed by atoms with E-state index in [4.69, 9.17) is 9.47 Å². The van der Waals surface area contributed by atoms with Crippen molar-refractivity contribution < 1.29 is 29.0 Å². The zero-order chi connectivity index (χ0) is 23.7. The number of benzene rings is 1. The molecule has 0 aliphatic carbocycles. The molecule has 0 aliphatic heterocycles. The van der Waals surface area contributed by atoms with E-state index in [0.29, 0.717) is 11.1 Å². The zero-order valence-corrected chi connectivity index (χ0v) is 18.6. The van der Waals surface area contributed by atoms with Gasteiger partial charge in [-0.15, -0.1) is 0 Å². The van der Waals surface area contributed by atoms with E-state index in [1.54, 1.807) is 47.6 Å². The molecular weight excluding hydrogens is 400 g/mol. The summed E-state index contributed by atoms with van der Waals surface area (Å²) >= 11 is 0. The van der Waals surface area contributed by atoms with E-state index in [9.17, 15) is 19.5 Å². The van der Waals surface area contributed by atoms with Crippen LogP contribution in [0.2, 0.25) is 0 Å². The minimum absolute atomic E-state index is 0.0244. The maximum atomic E-state index is 11.6. The van der Waals surface area contributed by atoms with Crippen LogP contribution in [-0.4, -0.2) is 47.6 Å². The average Bonchev–Trinajstić information content (AvgIpc) is 2.59. The molecule has 8 heteroatoms. The van der Waals surface area contributed by atoms with Crippen molar-refractivity contribution in [3.05, 3.63) is 34.9 Å². The van der Waals surface area contributed by atoms with Gasteiger partial charge in [0.25, 0.3) is 0 Å². The standard InChI is InChI=1S/C23H28N2O6/c1-22(2,3)30-20(28)24-11-7-9-16-13-17(15-18(14-16)19(26)27)10-8-12-25-21(29)31-23(4,5)6/h13-15H,11-12H2,1-6H3,(H,24,28)(H,25,29)(H,26,27). The minimum atomic E-state index is -1.12. The number of amides is 2. The van der Waals surface area contributed by atoms with E-state index in [2.05, 4.69) is 34.3 Å². The Hall–Kier alpha value is -3.65. The number of carboxylic acids is 1. The summed E-state index contributed by atoms with van der Waals surface area (Å²) in [5, 5.41) is 14.3. The lowest BCUT2D eigenvalue weighted by Gasteiger charge is -2.19. The van der Waals surface area contributed by atoms with Crippen molar-refractivity contribution in [2.75, 3.05) is 13.1 Å². The molecule has 1 aromatic rings. The molecule has 0 aliphatic rings. The quantitative estimate of drug-likeness (QED) is 0.638. The van der Waals surface area contributed by atoms with Gasteiger partial charge >= 0.3 is 18.2 Å². The second-order valence-corrected chi connectivity index (χ2v) is 8.42. The first-order valence-electron chi connectivity index (χ1n) is 9.55. The lowest BCUT2D eigenvalue weighted by molar-refractivity contribution is 0.0523. The third kappa shape index (κ3) is 11.8. The molecule has 0 radical (unpaired) electrons. The highest BCUT2D eigenvalue weighted by Crippen LogP contribution is 2.10. The molecule has 0 spiro atoms. The second-order valence-electron chi connectivity index (χ2n) is 8.42. The van der Waals surface area contributed by atoms with Gasteiger partial charge in [-0.1, -0.05) is 23.7 Å². The summed E-state index contributed by atoms with van der Waals surface area (Å²) in [5.74, 6) is 9.94. The number of rotatable bonds is 3. The van der Waals surface area contributed by atoms with E-state index in [0.717, 1.165) is 0 Å². The molecule has 31 heavy (non-hydrogen) atoms. The highest BCUT2D eigenvalue weighted by Gasteiger charge is 2.16. The fraction of sp³-hybridized carbons (Fsp3) is 0.435. The van der Waals surface area contributed by atoms with Crippen LogP contribution in [0.1, 0.15) is 63.0 Å². The molecule has 0 heterocycles. The van der Waals surface area contributed by atoms with Crippen molar-refractivity contribution in [3.8, 4) is 23.7 Å². The summed E-state index contributed by atoms with van der Waals surface area (Å²) in [6.45, 7) is 10.6. The molecule has 1 rings (SSSR count). The highest BCUT2D eigenvalue weighted by molar-refractivity contribution is 5.88. The van der Waals surface area contributed by atoms with Crippen LogP contribution >= 0.6 is 0 Å². The first kappa shape index (κ1) is 25.4. The van der Waals surface area contributed by atoms with E-state index in [1.165, 1.54) is 12.1 Å². The Morgan fingerprint density at radius 2 is 1.19 bits per heavy atom. The molecular formula is C23H28N2O6. The van der Waals surface area contributed by atoms with Gasteiger partial charge in [0.1, 0.15) is 11.2 Å². The monoisotopic (exact) mass is 428 g/mol. The predicted octanol–water partition coefficient (Wildman–Crippen LogP) is 3.14. The molecule has 166 valence electrons. The van der Waals surface area contributed by atoms with Crippen molar-refractivity contribution in [1.29, 1.82) is 0 Å². The normalized spacial score (nSPS) is 10.5. The summed E-state index contributed by atoms with van der Waals surface area (Å²) in [6, 6.07) is 4.44. The molecule has 0 atom stereocenters. The number of aromatic carboxylic acids is 1. The molecule has 0 bridgehead atoms. The lowest BCUT2D eigenvalue weighted by atomic mass is 10.1. The SMILES string of the molecule is CC(C)(C)OC(=O)NCC#Cc1cc(C#CCNC(=O)OC(C)(C)C)cc(C(=O)O)c1. The number of ether oxygens (including phenoxy) is 2. The predicted molar refractivity (Wildman–Crippen MR) is 116 cm³/mol.